The summed E-state index contributed by atoms with van der Waals surface area (Å²) in [6.07, 6.45) is 0. The van der Waals surface area contributed by atoms with Crippen molar-refractivity contribution in [2.24, 2.45) is 0 Å². The summed E-state index contributed by atoms with van der Waals surface area (Å²) in [6, 6.07) is 41.7. The molecule has 1 heteroatoms. The van der Waals surface area contributed by atoms with Crippen molar-refractivity contribution >= 4 is 54.3 Å². The maximum atomic E-state index is 8.89. The van der Waals surface area contributed by atoms with Crippen molar-refractivity contribution in [3.05, 3.63) is 158 Å². The molecule has 9 aromatic rings. The van der Waals surface area contributed by atoms with E-state index in [0.29, 0.717) is 5.56 Å². The molecule has 1 aromatic heterocycles. The number of hydrogen-bond donors (Lipinski definition) is 0. The van der Waals surface area contributed by atoms with Crippen LogP contribution in [-0.2, 0) is 0 Å². The maximum Gasteiger partial charge on any atom is 0.143 e. The van der Waals surface area contributed by atoms with E-state index in [1.807, 2.05) is 60.7 Å². The molecule has 8 aromatic carbocycles. The zero-order chi connectivity index (χ0) is 32.7. The minimum Gasteiger partial charge on any atom is -0.455 e. The van der Waals surface area contributed by atoms with Gasteiger partial charge in [0.1, 0.15) is 11.2 Å². The van der Waals surface area contributed by atoms with Crippen molar-refractivity contribution in [1.29, 1.82) is 0 Å². The number of fused-ring (bicyclic) bond motifs is 6. The summed E-state index contributed by atoms with van der Waals surface area (Å²) in [6.45, 7) is 0. The van der Waals surface area contributed by atoms with E-state index in [1.54, 1.807) is 0 Å². The monoisotopic (exact) mass is 551 g/mol. The average molecular weight is 552 g/mol. The van der Waals surface area contributed by atoms with Crippen LogP contribution in [0.4, 0.5) is 0 Å². The Labute approximate surface area is 256 Å². The van der Waals surface area contributed by atoms with Gasteiger partial charge < -0.3 is 4.42 Å². The van der Waals surface area contributed by atoms with Gasteiger partial charge in [-0.3, -0.25) is 0 Å². The van der Waals surface area contributed by atoms with Gasteiger partial charge in [-0.25, -0.2) is 0 Å². The molecule has 0 amide bonds. The predicted octanol–water partition coefficient (Wildman–Crippen LogP) is 12.0. The Bertz CT molecular complexity index is 2710. The van der Waals surface area contributed by atoms with Crippen LogP contribution >= 0.6 is 0 Å². The fourth-order valence-electron chi connectivity index (χ4n) is 6.63. The van der Waals surface area contributed by atoms with Crippen molar-refractivity contribution in [1.82, 2.24) is 0 Å². The van der Waals surface area contributed by atoms with Crippen molar-refractivity contribution in [2.75, 3.05) is 0 Å². The lowest BCUT2D eigenvalue weighted by Crippen LogP contribution is -1.91. The standard InChI is InChI=1S/C42H26O/c1-2-13-28(14-3-1)40-33-17-6-8-19-35(33)41(36-20-9-7-18-34(36)40)31-25-37(30-23-22-27-12-4-5-15-29(27)24-30)42-38(26-31)32-16-10-11-21-39(32)43-42/h1-26H/i1D,2D,3D,13D,14D. The third-order valence-electron chi connectivity index (χ3n) is 8.51. The molecule has 0 aliphatic rings. The van der Waals surface area contributed by atoms with Crippen LogP contribution in [0.15, 0.2) is 162 Å². The first-order valence-corrected chi connectivity index (χ1v) is 14.4. The highest BCUT2D eigenvalue weighted by Crippen LogP contribution is 2.46. The molecule has 0 saturated carbocycles. The Hall–Kier alpha value is -5.66. The molecule has 1 nitrogen and oxygen atoms in total. The van der Waals surface area contributed by atoms with E-state index >= 15 is 0 Å². The topological polar surface area (TPSA) is 13.1 Å². The van der Waals surface area contributed by atoms with Gasteiger partial charge in [0.2, 0.25) is 0 Å². The first-order valence-electron chi connectivity index (χ1n) is 16.9. The Kier molecular flexibility index (Phi) is 4.27. The highest BCUT2D eigenvalue weighted by molar-refractivity contribution is 6.23. The minimum atomic E-state index is -0.402. The highest BCUT2D eigenvalue weighted by atomic mass is 16.3. The number of furan rings is 1. The first kappa shape index (κ1) is 19.5. The second kappa shape index (κ2) is 9.44. The van der Waals surface area contributed by atoms with Gasteiger partial charge in [0.25, 0.3) is 0 Å². The Morgan fingerprint density at radius 3 is 1.70 bits per heavy atom. The molecule has 0 aliphatic carbocycles. The van der Waals surface area contributed by atoms with Crippen molar-refractivity contribution in [3.8, 4) is 33.4 Å². The second-order valence-electron chi connectivity index (χ2n) is 10.9. The lowest BCUT2D eigenvalue weighted by molar-refractivity contribution is 0.670. The van der Waals surface area contributed by atoms with Gasteiger partial charge in [0, 0.05) is 16.3 Å². The van der Waals surface area contributed by atoms with Crippen LogP contribution in [0.2, 0.25) is 0 Å². The number of rotatable bonds is 3. The molecular weight excluding hydrogens is 520 g/mol. The van der Waals surface area contributed by atoms with Crippen LogP contribution in [0.25, 0.3) is 87.6 Å². The lowest BCUT2D eigenvalue weighted by atomic mass is 9.85. The van der Waals surface area contributed by atoms with Crippen LogP contribution in [0.1, 0.15) is 6.85 Å². The first-order chi connectivity index (χ1) is 23.4. The van der Waals surface area contributed by atoms with Gasteiger partial charge in [0.15, 0.2) is 0 Å². The van der Waals surface area contributed by atoms with Gasteiger partial charge in [-0.2, -0.15) is 0 Å². The Morgan fingerprint density at radius 2 is 1.00 bits per heavy atom. The van der Waals surface area contributed by atoms with Crippen LogP contribution in [0.5, 0.6) is 0 Å². The van der Waals surface area contributed by atoms with E-state index in [9.17, 15) is 0 Å². The number of hydrogen-bond acceptors (Lipinski definition) is 1. The summed E-state index contributed by atoms with van der Waals surface area (Å²) in [7, 11) is 0. The smallest absolute Gasteiger partial charge is 0.143 e. The van der Waals surface area contributed by atoms with Gasteiger partial charge >= 0.3 is 0 Å². The van der Waals surface area contributed by atoms with Crippen LogP contribution in [-0.4, -0.2) is 0 Å². The van der Waals surface area contributed by atoms with Gasteiger partial charge in [-0.05, 0) is 84.4 Å². The third-order valence-corrected chi connectivity index (χ3v) is 8.51. The van der Waals surface area contributed by atoms with E-state index < -0.39 is 6.04 Å². The molecule has 0 N–H and O–H groups in total. The van der Waals surface area contributed by atoms with Gasteiger partial charge in [-0.1, -0.05) is 133 Å². The van der Waals surface area contributed by atoms with E-state index in [2.05, 4.69) is 66.7 Å². The largest absolute Gasteiger partial charge is 0.455 e. The van der Waals surface area contributed by atoms with E-state index in [0.717, 1.165) is 71.1 Å². The molecule has 0 saturated heterocycles. The minimum absolute atomic E-state index is 0.202. The quantitative estimate of drug-likeness (QED) is 0.199. The summed E-state index contributed by atoms with van der Waals surface area (Å²) in [4.78, 5) is 0. The number of para-hydroxylation sites is 1. The molecule has 0 atom stereocenters. The molecule has 0 radical (unpaired) electrons. The van der Waals surface area contributed by atoms with Gasteiger partial charge in [-0.15, -0.1) is 0 Å². The SMILES string of the molecule is [2H]c1c([2H])c([2H])c(-c2c3ccccc3c(-c3cc(-c4ccc5ccccc5c4)c4oc5ccccc5c4c3)c3ccccc23)c([2H])c1[2H]. The normalized spacial score (nSPS) is 13.3. The average Bonchev–Trinajstić information content (AvgIpc) is 3.51. The highest BCUT2D eigenvalue weighted by Gasteiger charge is 2.20. The molecule has 0 fully saturated rings. The fraction of sp³-hybridized carbons (Fsp3) is 0. The van der Waals surface area contributed by atoms with E-state index in [4.69, 9.17) is 11.3 Å². The Balaban J connectivity index is 1.43. The second-order valence-corrected chi connectivity index (χ2v) is 10.9. The van der Waals surface area contributed by atoms with E-state index in [-0.39, 0.29) is 29.7 Å². The van der Waals surface area contributed by atoms with Crippen LogP contribution in [0, 0.1) is 0 Å². The molecule has 0 unspecified atom stereocenters. The Morgan fingerprint density at radius 1 is 0.419 bits per heavy atom. The maximum absolute atomic E-state index is 8.89. The van der Waals surface area contributed by atoms with Crippen molar-refractivity contribution in [3.63, 3.8) is 0 Å². The summed E-state index contributed by atoms with van der Waals surface area (Å²) < 4.78 is 49.4. The predicted molar refractivity (Wildman–Crippen MR) is 183 cm³/mol. The molecular formula is C42H26O. The molecule has 1 heterocycles. The fourth-order valence-corrected chi connectivity index (χ4v) is 6.63. The molecule has 43 heavy (non-hydrogen) atoms. The van der Waals surface area contributed by atoms with Crippen molar-refractivity contribution in [2.45, 2.75) is 0 Å². The molecule has 9 rings (SSSR count). The zero-order valence-electron chi connectivity index (χ0n) is 28.0. The van der Waals surface area contributed by atoms with Crippen LogP contribution < -0.4 is 0 Å². The molecule has 0 spiro atoms. The number of benzene rings is 8. The zero-order valence-corrected chi connectivity index (χ0v) is 23.0. The van der Waals surface area contributed by atoms with E-state index in [1.165, 1.54) is 5.39 Å². The van der Waals surface area contributed by atoms with Crippen LogP contribution in [0.3, 0.4) is 0 Å². The molecule has 0 bridgehead atoms. The molecule has 200 valence electrons. The summed E-state index contributed by atoms with van der Waals surface area (Å²) in [5.41, 5.74) is 6.50. The molecule has 0 aliphatic heterocycles. The van der Waals surface area contributed by atoms with Crippen molar-refractivity contribution < 1.29 is 11.3 Å². The third kappa shape index (κ3) is 3.72. The summed E-state index contributed by atoms with van der Waals surface area (Å²) in [5.74, 6) is 0. The van der Waals surface area contributed by atoms with Gasteiger partial charge in [0.05, 0.1) is 6.85 Å². The summed E-state index contributed by atoms with van der Waals surface area (Å²) >= 11 is 0. The summed E-state index contributed by atoms with van der Waals surface area (Å²) in [5, 5.41) is 7.82. The lowest BCUT2D eigenvalue weighted by Gasteiger charge is -2.18.